The topological polar surface area (TPSA) is 117 Å². The van der Waals surface area contributed by atoms with E-state index in [1.807, 2.05) is 11.8 Å². The summed E-state index contributed by atoms with van der Waals surface area (Å²) in [5.74, 6) is 0.349. The van der Waals surface area contributed by atoms with Crippen LogP contribution in [0.1, 0.15) is 30.8 Å². The lowest BCUT2D eigenvalue weighted by Crippen LogP contribution is -2.34. The molecule has 1 N–H and O–H groups in total. The Morgan fingerprint density at radius 1 is 1.32 bits per heavy atom. The Kier molecular flexibility index (Phi) is 5.25. The number of hydrogen-bond donors (Lipinski definition) is 1. The van der Waals surface area contributed by atoms with Crippen LogP contribution in [0.3, 0.4) is 0 Å². The van der Waals surface area contributed by atoms with Crippen molar-refractivity contribution < 1.29 is 9.13 Å². The van der Waals surface area contributed by atoms with E-state index >= 15 is 0 Å². The minimum Gasteiger partial charge on any atom is -0.377 e. The van der Waals surface area contributed by atoms with Crippen LogP contribution in [0.25, 0.3) is 22.2 Å². The number of nitrogens with zero attached hydrogens (tertiary/aromatic N) is 7. The van der Waals surface area contributed by atoms with Gasteiger partial charge < -0.3 is 14.6 Å². The summed E-state index contributed by atoms with van der Waals surface area (Å²) >= 11 is 6.33. The molecule has 5 heterocycles. The number of halogens is 2. The zero-order chi connectivity index (χ0) is 25.9. The van der Waals surface area contributed by atoms with E-state index in [0.717, 1.165) is 0 Å². The van der Waals surface area contributed by atoms with Crippen LogP contribution in [0.4, 0.5) is 10.2 Å². The van der Waals surface area contributed by atoms with Gasteiger partial charge in [-0.1, -0.05) is 17.7 Å². The van der Waals surface area contributed by atoms with Gasteiger partial charge in [0.25, 0.3) is 5.56 Å². The van der Waals surface area contributed by atoms with Crippen molar-refractivity contribution in [3.05, 3.63) is 81.6 Å². The highest BCUT2D eigenvalue weighted by Crippen LogP contribution is 2.43. The Morgan fingerprint density at radius 3 is 2.92 bits per heavy atom. The van der Waals surface area contributed by atoms with Gasteiger partial charge in [-0.15, -0.1) is 0 Å². The van der Waals surface area contributed by atoms with Gasteiger partial charge in [0.2, 0.25) is 0 Å². The van der Waals surface area contributed by atoms with Crippen molar-refractivity contribution in [2.24, 2.45) is 0 Å². The molecule has 1 fully saturated rings. The van der Waals surface area contributed by atoms with Gasteiger partial charge in [-0.3, -0.25) is 9.36 Å². The standard InChI is InChI=1S/C25H20ClFN8O2/c1-25(37-2)9-18(33(12-25)23-19-14(10-28)11-29-21(19)30-13-31-23)22-32-34-7-6-17(26)20(34)24(36)35(22)16-5-3-4-15(27)8-16/h3-8,11,13,18H,9,12H2,1-2H3,(H,29,30,31)/t18-,25-/m0/s1. The molecule has 6 rings (SSSR count). The number of fused-ring (bicyclic) bond motifs is 2. The maximum absolute atomic E-state index is 14.3. The van der Waals surface area contributed by atoms with E-state index in [0.29, 0.717) is 46.9 Å². The van der Waals surface area contributed by atoms with Crippen LogP contribution in [-0.4, -0.2) is 48.4 Å². The van der Waals surface area contributed by atoms with Crippen molar-refractivity contribution >= 4 is 34.0 Å². The number of benzene rings is 1. The van der Waals surface area contributed by atoms with Crippen molar-refractivity contribution in [2.75, 3.05) is 18.6 Å². The molecule has 0 bridgehead atoms. The number of aromatic nitrogens is 6. The van der Waals surface area contributed by atoms with Gasteiger partial charge in [0.1, 0.15) is 35.2 Å². The van der Waals surface area contributed by atoms with E-state index in [9.17, 15) is 14.4 Å². The number of nitriles is 1. The minimum absolute atomic E-state index is 0.176. The molecule has 12 heteroatoms. The summed E-state index contributed by atoms with van der Waals surface area (Å²) in [5, 5.41) is 15.3. The van der Waals surface area contributed by atoms with Gasteiger partial charge in [0.05, 0.1) is 33.3 Å². The highest BCUT2D eigenvalue weighted by Gasteiger charge is 2.45. The zero-order valence-corrected chi connectivity index (χ0v) is 20.6. The van der Waals surface area contributed by atoms with Crippen LogP contribution in [0, 0.1) is 17.1 Å². The molecule has 0 amide bonds. The Labute approximate surface area is 214 Å². The molecule has 10 nitrogen and oxygen atoms in total. The van der Waals surface area contributed by atoms with Crippen LogP contribution in [0.2, 0.25) is 5.02 Å². The first-order valence-corrected chi connectivity index (χ1v) is 11.8. The molecule has 1 saturated heterocycles. The number of anilines is 1. The van der Waals surface area contributed by atoms with Gasteiger partial charge in [0.15, 0.2) is 5.82 Å². The van der Waals surface area contributed by atoms with E-state index in [2.05, 4.69) is 21.0 Å². The molecule has 186 valence electrons. The van der Waals surface area contributed by atoms with E-state index in [1.54, 1.807) is 31.6 Å². The molecule has 1 aromatic carbocycles. The van der Waals surface area contributed by atoms with Crippen LogP contribution < -0.4 is 10.5 Å². The fraction of sp³-hybridized carbons (Fsp3) is 0.240. The lowest BCUT2D eigenvalue weighted by atomic mass is 10.0. The normalized spacial score (nSPS) is 19.6. The second-order valence-electron chi connectivity index (χ2n) is 9.17. The number of hydrogen-bond acceptors (Lipinski definition) is 7. The highest BCUT2D eigenvalue weighted by atomic mass is 35.5. The van der Waals surface area contributed by atoms with Crippen molar-refractivity contribution in [1.82, 2.24) is 29.1 Å². The molecular weight excluding hydrogens is 499 g/mol. The summed E-state index contributed by atoms with van der Waals surface area (Å²) in [7, 11) is 1.62. The second kappa shape index (κ2) is 8.40. The largest absolute Gasteiger partial charge is 0.377 e. The second-order valence-corrected chi connectivity index (χ2v) is 9.58. The summed E-state index contributed by atoms with van der Waals surface area (Å²) in [5.41, 5.74) is 0.302. The van der Waals surface area contributed by atoms with Crippen LogP contribution in [0.5, 0.6) is 0 Å². The summed E-state index contributed by atoms with van der Waals surface area (Å²) in [6.45, 7) is 2.34. The molecule has 37 heavy (non-hydrogen) atoms. The molecule has 4 aromatic heterocycles. The molecule has 0 spiro atoms. The predicted molar refractivity (Wildman–Crippen MR) is 134 cm³/mol. The number of rotatable bonds is 4. The Hall–Kier alpha value is -4.27. The number of ether oxygens (including phenoxy) is 1. The SMILES string of the molecule is CO[C@@]1(C)C[C@@H](c2nn3ccc(Cl)c3c(=O)n2-c2cccc(F)c2)N(c2ncnc3[nH]cc(C#N)c23)C1. The first-order valence-electron chi connectivity index (χ1n) is 11.4. The van der Waals surface area contributed by atoms with Crippen LogP contribution in [-0.2, 0) is 4.74 Å². The minimum atomic E-state index is -0.640. The highest BCUT2D eigenvalue weighted by molar-refractivity contribution is 6.33. The van der Waals surface area contributed by atoms with Crippen molar-refractivity contribution in [2.45, 2.75) is 25.0 Å². The van der Waals surface area contributed by atoms with Crippen molar-refractivity contribution in [1.29, 1.82) is 5.26 Å². The number of aromatic amines is 1. The summed E-state index contributed by atoms with van der Waals surface area (Å²) in [4.78, 5) is 27.6. The third kappa shape index (κ3) is 3.56. The van der Waals surface area contributed by atoms with Crippen molar-refractivity contribution in [3.8, 4) is 11.8 Å². The van der Waals surface area contributed by atoms with E-state index in [1.165, 1.54) is 33.6 Å². The van der Waals surface area contributed by atoms with E-state index < -0.39 is 23.0 Å². The molecule has 0 unspecified atom stereocenters. The Bertz CT molecular complexity index is 1790. The van der Waals surface area contributed by atoms with Gasteiger partial charge >= 0.3 is 0 Å². The fourth-order valence-corrected chi connectivity index (χ4v) is 5.26. The third-order valence-corrected chi connectivity index (χ3v) is 7.17. The Morgan fingerprint density at radius 2 is 2.16 bits per heavy atom. The molecule has 1 aliphatic heterocycles. The fourth-order valence-electron chi connectivity index (χ4n) is 5.04. The first-order chi connectivity index (χ1) is 17.8. The molecule has 0 aliphatic carbocycles. The molecule has 0 saturated carbocycles. The van der Waals surface area contributed by atoms with Crippen LogP contribution in [0.15, 0.2) is 53.8 Å². The zero-order valence-electron chi connectivity index (χ0n) is 19.8. The first kappa shape index (κ1) is 23.1. The van der Waals surface area contributed by atoms with Gasteiger partial charge in [0, 0.05) is 32.5 Å². The number of nitrogens with one attached hydrogen (secondary N) is 1. The van der Waals surface area contributed by atoms with E-state index in [-0.39, 0.29) is 10.5 Å². The quantitative estimate of drug-likeness (QED) is 0.385. The van der Waals surface area contributed by atoms with Gasteiger partial charge in [-0.25, -0.2) is 18.9 Å². The lowest BCUT2D eigenvalue weighted by Gasteiger charge is -2.27. The summed E-state index contributed by atoms with van der Waals surface area (Å²) < 4.78 is 23.0. The maximum atomic E-state index is 14.3. The van der Waals surface area contributed by atoms with Crippen LogP contribution >= 0.6 is 11.6 Å². The lowest BCUT2D eigenvalue weighted by molar-refractivity contribution is 0.0226. The predicted octanol–water partition coefficient (Wildman–Crippen LogP) is 3.78. The average molecular weight is 519 g/mol. The molecule has 0 radical (unpaired) electrons. The van der Waals surface area contributed by atoms with Gasteiger partial charge in [-0.2, -0.15) is 10.4 Å². The molecule has 1 aliphatic rings. The number of H-pyrrole nitrogens is 1. The summed E-state index contributed by atoms with van der Waals surface area (Å²) in [6.07, 6.45) is 5.04. The van der Waals surface area contributed by atoms with Gasteiger partial charge in [-0.05, 0) is 31.2 Å². The van der Waals surface area contributed by atoms with Crippen molar-refractivity contribution in [3.63, 3.8) is 0 Å². The molecule has 5 aromatic rings. The molecular formula is C25H20ClFN8O2. The average Bonchev–Trinajstić information content (AvgIpc) is 3.59. The molecule has 2 atom stereocenters. The third-order valence-electron chi connectivity index (χ3n) is 6.87. The Balaban J connectivity index is 1.65. The van der Waals surface area contributed by atoms with E-state index in [4.69, 9.17) is 21.4 Å². The smallest absolute Gasteiger partial charge is 0.284 e. The number of methoxy groups -OCH3 is 1. The monoisotopic (exact) mass is 518 g/mol. The maximum Gasteiger partial charge on any atom is 0.284 e. The summed E-state index contributed by atoms with van der Waals surface area (Å²) in [6, 6.07) is 8.99.